The van der Waals surface area contributed by atoms with Crippen LogP contribution in [0.1, 0.15) is 23.3 Å². The lowest BCUT2D eigenvalue weighted by Gasteiger charge is -2.21. The number of fused-ring (bicyclic) bond motifs is 1. The van der Waals surface area contributed by atoms with Gasteiger partial charge in [0.25, 0.3) is 5.91 Å². The highest BCUT2D eigenvalue weighted by molar-refractivity contribution is 5.94. The molecule has 2 saturated heterocycles. The fourth-order valence-electron chi connectivity index (χ4n) is 2.60. The van der Waals surface area contributed by atoms with E-state index >= 15 is 0 Å². The molecule has 2 atom stereocenters. The van der Waals surface area contributed by atoms with Crippen LogP contribution in [0, 0.1) is 0 Å². The molecule has 5 heteroatoms. The van der Waals surface area contributed by atoms with Gasteiger partial charge < -0.3 is 15.2 Å². The maximum atomic E-state index is 12.1. The van der Waals surface area contributed by atoms with Crippen molar-refractivity contribution in [3.05, 3.63) is 24.0 Å². The number of rotatable bonds is 1. The summed E-state index contributed by atoms with van der Waals surface area (Å²) in [5.74, 6) is 0.0491. The number of nitrogens with one attached hydrogen (secondary N) is 2. The van der Waals surface area contributed by atoms with Gasteiger partial charge in [0, 0.05) is 19.2 Å². The van der Waals surface area contributed by atoms with Gasteiger partial charge in [-0.3, -0.25) is 9.59 Å². The van der Waals surface area contributed by atoms with Crippen LogP contribution in [0.15, 0.2) is 18.3 Å². The van der Waals surface area contributed by atoms with Gasteiger partial charge in [-0.25, -0.2) is 0 Å². The molecule has 84 valence electrons. The molecule has 2 aliphatic heterocycles. The first-order chi connectivity index (χ1) is 7.75. The molecular weight excluding hydrogens is 206 g/mol. The van der Waals surface area contributed by atoms with E-state index in [9.17, 15) is 9.59 Å². The smallest absolute Gasteiger partial charge is 0.270 e. The van der Waals surface area contributed by atoms with Crippen LogP contribution >= 0.6 is 0 Å². The Morgan fingerprint density at radius 2 is 2.38 bits per heavy atom. The van der Waals surface area contributed by atoms with Gasteiger partial charge in [-0.2, -0.15) is 0 Å². The third-order valence-electron chi connectivity index (χ3n) is 3.38. The summed E-state index contributed by atoms with van der Waals surface area (Å²) >= 11 is 0. The van der Waals surface area contributed by atoms with Gasteiger partial charge in [-0.15, -0.1) is 0 Å². The molecule has 0 spiro atoms. The summed E-state index contributed by atoms with van der Waals surface area (Å²) in [6, 6.07) is 3.77. The Hall–Kier alpha value is -1.78. The monoisotopic (exact) mass is 219 g/mol. The fourth-order valence-corrected chi connectivity index (χ4v) is 2.60. The van der Waals surface area contributed by atoms with Gasteiger partial charge in [0.1, 0.15) is 5.69 Å². The number of carbonyl (C=O) groups is 2. The molecule has 2 aliphatic rings. The number of H-pyrrole nitrogens is 1. The third-order valence-corrected chi connectivity index (χ3v) is 3.38. The lowest BCUT2D eigenvalue weighted by atomic mass is 10.1. The zero-order chi connectivity index (χ0) is 11.1. The van der Waals surface area contributed by atoms with Crippen molar-refractivity contribution in [3.8, 4) is 0 Å². The maximum Gasteiger partial charge on any atom is 0.270 e. The molecule has 2 amide bonds. The Kier molecular flexibility index (Phi) is 1.99. The highest BCUT2D eigenvalue weighted by Crippen LogP contribution is 2.26. The van der Waals surface area contributed by atoms with E-state index in [1.54, 1.807) is 23.2 Å². The third kappa shape index (κ3) is 1.31. The molecule has 0 bridgehead atoms. The van der Waals surface area contributed by atoms with Gasteiger partial charge in [0.2, 0.25) is 5.91 Å². The van der Waals surface area contributed by atoms with E-state index in [-0.39, 0.29) is 23.9 Å². The molecule has 16 heavy (non-hydrogen) atoms. The van der Waals surface area contributed by atoms with Crippen molar-refractivity contribution < 1.29 is 9.59 Å². The largest absolute Gasteiger partial charge is 0.357 e. The van der Waals surface area contributed by atoms with Crippen molar-refractivity contribution in [1.29, 1.82) is 0 Å². The Balaban J connectivity index is 1.81. The predicted molar refractivity (Wildman–Crippen MR) is 56.8 cm³/mol. The van der Waals surface area contributed by atoms with Crippen LogP contribution in [0.5, 0.6) is 0 Å². The Bertz CT molecular complexity index is 426. The first-order valence-corrected chi connectivity index (χ1v) is 5.49. The van der Waals surface area contributed by atoms with E-state index in [1.165, 1.54) is 0 Å². The molecule has 2 fully saturated rings. The number of amides is 2. The average Bonchev–Trinajstić information content (AvgIpc) is 2.90. The Morgan fingerprint density at radius 3 is 3.12 bits per heavy atom. The molecule has 5 nitrogen and oxygen atoms in total. The van der Waals surface area contributed by atoms with Crippen molar-refractivity contribution in [1.82, 2.24) is 15.2 Å². The molecule has 0 saturated carbocycles. The van der Waals surface area contributed by atoms with Gasteiger partial charge in [-0.05, 0) is 18.6 Å². The van der Waals surface area contributed by atoms with Gasteiger partial charge in [-0.1, -0.05) is 0 Å². The topological polar surface area (TPSA) is 65.2 Å². The molecule has 1 aromatic heterocycles. The molecule has 0 radical (unpaired) electrons. The lowest BCUT2D eigenvalue weighted by Crippen LogP contribution is -2.38. The molecule has 2 N–H and O–H groups in total. The number of aromatic amines is 1. The van der Waals surface area contributed by atoms with Crippen molar-refractivity contribution in [2.24, 2.45) is 0 Å². The van der Waals surface area contributed by atoms with E-state index in [1.807, 2.05) is 0 Å². The SMILES string of the molecule is O=C1CC2C(CCN2C(=O)c2ccc[nH]2)N1. The number of likely N-dealkylation sites (tertiary alicyclic amines) is 1. The summed E-state index contributed by atoms with van der Waals surface area (Å²) in [4.78, 5) is 28.1. The summed E-state index contributed by atoms with van der Waals surface area (Å²) < 4.78 is 0. The van der Waals surface area contributed by atoms with E-state index in [2.05, 4.69) is 10.3 Å². The number of hydrogen-bond acceptors (Lipinski definition) is 2. The lowest BCUT2D eigenvalue weighted by molar-refractivity contribution is -0.119. The predicted octanol–water partition coefficient (Wildman–Crippen LogP) is 0.118. The van der Waals surface area contributed by atoms with Gasteiger partial charge in [0.05, 0.1) is 12.1 Å². The summed E-state index contributed by atoms with van der Waals surface area (Å²) in [6.45, 7) is 0.730. The number of nitrogens with zero attached hydrogens (tertiary/aromatic N) is 1. The second-order valence-corrected chi connectivity index (χ2v) is 4.32. The molecule has 1 aromatic rings. The Labute approximate surface area is 92.8 Å². The maximum absolute atomic E-state index is 12.1. The molecule has 0 aromatic carbocycles. The van der Waals surface area contributed by atoms with E-state index in [4.69, 9.17) is 0 Å². The first kappa shape index (κ1) is 9.45. The molecule has 0 aliphatic carbocycles. The summed E-state index contributed by atoms with van der Waals surface area (Å²) in [5.41, 5.74) is 0.597. The zero-order valence-corrected chi connectivity index (χ0v) is 8.77. The van der Waals surface area contributed by atoms with Gasteiger partial charge >= 0.3 is 0 Å². The van der Waals surface area contributed by atoms with Crippen LogP contribution in [0.3, 0.4) is 0 Å². The van der Waals surface area contributed by atoms with Crippen LogP contribution in [-0.2, 0) is 4.79 Å². The standard InChI is InChI=1S/C11H13N3O2/c15-10-6-9-7(13-10)3-5-14(9)11(16)8-2-1-4-12-8/h1-2,4,7,9,12H,3,5-6H2,(H,13,15). The number of aromatic nitrogens is 1. The van der Waals surface area contributed by atoms with Crippen LogP contribution in [0.25, 0.3) is 0 Å². The normalized spacial score (nSPS) is 28.0. The number of hydrogen-bond donors (Lipinski definition) is 2. The van der Waals surface area contributed by atoms with Crippen LogP contribution < -0.4 is 5.32 Å². The van der Waals surface area contributed by atoms with Crippen LogP contribution in [-0.4, -0.2) is 40.3 Å². The molecule has 2 unspecified atom stereocenters. The minimum absolute atomic E-state index is 0.00556. The van der Waals surface area contributed by atoms with E-state index in [0.717, 1.165) is 13.0 Å². The van der Waals surface area contributed by atoms with Gasteiger partial charge in [0.15, 0.2) is 0 Å². The van der Waals surface area contributed by atoms with Crippen molar-refractivity contribution >= 4 is 11.8 Å². The second kappa shape index (κ2) is 3.37. The highest BCUT2D eigenvalue weighted by Gasteiger charge is 2.43. The zero-order valence-electron chi connectivity index (χ0n) is 8.77. The fraction of sp³-hybridized carbons (Fsp3) is 0.455. The highest BCUT2D eigenvalue weighted by atomic mass is 16.2. The van der Waals surface area contributed by atoms with Crippen molar-refractivity contribution in [2.45, 2.75) is 24.9 Å². The van der Waals surface area contributed by atoms with Crippen LogP contribution in [0.2, 0.25) is 0 Å². The minimum atomic E-state index is -0.00556. The van der Waals surface area contributed by atoms with Crippen LogP contribution in [0.4, 0.5) is 0 Å². The minimum Gasteiger partial charge on any atom is -0.357 e. The molecule has 3 heterocycles. The summed E-state index contributed by atoms with van der Waals surface area (Å²) in [5, 5.41) is 2.90. The van der Waals surface area contributed by atoms with Crippen molar-refractivity contribution in [2.75, 3.05) is 6.54 Å². The Morgan fingerprint density at radius 1 is 1.50 bits per heavy atom. The second-order valence-electron chi connectivity index (χ2n) is 4.32. The average molecular weight is 219 g/mol. The van der Waals surface area contributed by atoms with Crippen molar-refractivity contribution in [3.63, 3.8) is 0 Å². The first-order valence-electron chi connectivity index (χ1n) is 5.49. The molecule has 3 rings (SSSR count). The van der Waals surface area contributed by atoms with E-state index < -0.39 is 0 Å². The summed E-state index contributed by atoms with van der Waals surface area (Å²) in [6.07, 6.45) is 3.04. The quantitative estimate of drug-likeness (QED) is 0.704. The number of carbonyl (C=O) groups excluding carboxylic acids is 2. The summed E-state index contributed by atoms with van der Waals surface area (Å²) in [7, 11) is 0. The van der Waals surface area contributed by atoms with E-state index in [0.29, 0.717) is 12.1 Å². The molecular formula is C11H13N3O2.